The van der Waals surface area contributed by atoms with E-state index in [-0.39, 0.29) is 11.5 Å². The number of thiazole rings is 1. The van der Waals surface area contributed by atoms with Crippen LogP contribution in [0.1, 0.15) is 10.4 Å². The number of H-pyrrole nitrogens is 1. The number of aromatic nitrogens is 2. The predicted octanol–water partition coefficient (Wildman–Crippen LogP) is 1.17. The fraction of sp³-hybridized carbons (Fsp3) is 0.0714. The van der Waals surface area contributed by atoms with E-state index in [0.29, 0.717) is 10.4 Å². The molecule has 0 bridgehead atoms. The molecule has 0 radical (unpaired) electrons. The smallest absolute Gasteiger partial charge is 0.272 e. The van der Waals surface area contributed by atoms with Gasteiger partial charge in [-0.3, -0.25) is 9.59 Å². The van der Waals surface area contributed by atoms with Crippen molar-refractivity contribution in [2.24, 2.45) is 12.1 Å². The molecule has 6 nitrogen and oxygen atoms in total. The van der Waals surface area contributed by atoms with Crippen molar-refractivity contribution in [3.05, 3.63) is 63.3 Å². The Morgan fingerprint density at radius 3 is 2.81 bits per heavy atom. The molecule has 2 N–H and O–H groups in total. The van der Waals surface area contributed by atoms with Gasteiger partial charge in [0.1, 0.15) is 0 Å². The Labute approximate surface area is 123 Å². The first kappa shape index (κ1) is 13.3. The SMILES string of the molecule is Cn1c(=NNC(=O)c2ccc(=O)[nH]c2)sc2ccccc21. The van der Waals surface area contributed by atoms with Crippen molar-refractivity contribution >= 4 is 27.5 Å². The molecule has 0 aliphatic carbocycles. The van der Waals surface area contributed by atoms with Crippen LogP contribution in [0.25, 0.3) is 10.2 Å². The van der Waals surface area contributed by atoms with Gasteiger partial charge >= 0.3 is 0 Å². The molecular weight excluding hydrogens is 288 g/mol. The number of aromatic amines is 1. The largest absolute Gasteiger partial charge is 0.328 e. The number of aryl methyl sites for hydroxylation is 1. The topological polar surface area (TPSA) is 79.2 Å². The molecule has 2 aromatic heterocycles. The van der Waals surface area contributed by atoms with Gasteiger partial charge in [-0.15, -0.1) is 5.10 Å². The monoisotopic (exact) mass is 300 g/mol. The fourth-order valence-corrected chi connectivity index (χ4v) is 2.88. The number of hydrogen-bond donors (Lipinski definition) is 2. The minimum Gasteiger partial charge on any atom is -0.328 e. The first-order chi connectivity index (χ1) is 10.1. The molecule has 0 unspecified atom stereocenters. The minimum absolute atomic E-state index is 0.251. The summed E-state index contributed by atoms with van der Waals surface area (Å²) in [7, 11) is 1.89. The molecule has 21 heavy (non-hydrogen) atoms. The Hall–Kier alpha value is -2.67. The maximum Gasteiger partial charge on any atom is 0.272 e. The Morgan fingerprint density at radius 1 is 1.29 bits per heavy atom. The van der Waals surface area contributed by atoms with E-state index in [9.17, 15) is 9.59 Å². The quantitative estimate of drug-likeness (QED) is 0.697. The van der Waals surface area contributed by atoms with Crippen molar-refractivity contribution in [3.8, 4) is 0 Å². The molecule has 1 aromatic carbocycles. The number of fused-ring (bicyclic) bond motifs is 1. The maximum absolute atomic E-state index is 11.9. The van der Waals surface area contributed by atoms with Crippen LogP contribution in [0.4, 0.5) is 0 Å². The Bertz CT molecular complexity index is 915. The van der Waals surface area contributed by atoms with E-state index in [2.05, 4.69) is 15.5 Å². The molecule has 3 rings (SSSR count). The number of nitrogens with one attached hydrogen (secondary N) is 2. The highest BCUT2D eigenvalue weighted by Gasteiger charge is 2.05. The van der Waals surface area contributed by atoms with E-state index < -0.39 is 0 Å². The third-order valence-electron chi connectivity index (χ3n) is 3.01. The fourth-order valence-electron chi connectivity index (χ4n) is 1.90. The molecule has 1 amide bonds. The Morgan fingerprint density at radius 2 is 2.10 bits per heavy atom. The van der Waals surface area contributed by atoms with Crippen molar-refractivity contribution in [1.82, 2.24) is 15.0 Å². The summed E-state index contributed by atoms with van der Waals surface area (Å²) in [4.78, 5) is 26.0. The van der Waals surface area contributed by atoms with Gasteiger partial charge in [0.05, 0.1) is 15.8 Å². The summed E-state index contributed by atoms with van der Waals surface area (Å²) < 4.78 is 3.00. The van der Waals surface area contributed by atoms with E-state index in [1.165, 1.54) is 29.7 Å². The molecular formula is C14H12N4O2S. The lowest BCUT2D eigenvalue weighted by molar-refractivity contribution is 0.0952. The number of carbonyl (C=O) groups is 1. The molecule has 0 spiro atoms. The second-order valence-electron chi connectivity index (χ2n) is 4.41. The highest BCUT2D eigenvalue weighted by atomic mass is 32.1. The summed E-state index contributed by atoms with van der Waals surface area (Å²) in [6.45, 7) is 0. The van der Waals surface area contributed by atoms with E-state index in [0.717, 1.165) is 10.2 Å². The number of hydrogen-bond acceptors (Lipinski definition) is 4. The number of amides is 1. The van der Waals surface area contributed by atoms with Crippen LogP contribution in [-0.4, -0.2) is 15.5 Å². The summed E-state index contributed by atoms with van der Waals surface area (Å²) in [6, 6.07) is 10.7. The summed E-state index contributed by atoms with van der Waals surface area (Å²) in [5, 5.41) is 4.13. The average molecular weight is 300 g/mol. The summed E-state index contributed by atoms with van der Waals surface area (Å²) >= 11 is 1.49. The number of carbonyl (C=O) groups excluding carboxylic acids is 1. The number of para-hydroxylation sites is 1. The van der Waals surface area contributed by atoms with Crippen molar-refractivity contribution in [3.63, 3.8) is 0 Å². The van der Waals surface area contributed by atoms with Crippen LogP contribution >= 0.6 is 11.3 Å². The standard InChI is InChI=1S/C14H12N4O2S/c1-18-10-4-2-3-5-11(10)21-14(18)17-16-13(20)9-6-7-12(19)15-8-9/h2-8H,1H3,(H,15,19)(H,16,20). The van der Waals surface area contributed by atoms with E-state index in [1.807, 2.05) is 35.9 Å². The van der Waals surface area contributed by atoms with Crippen LogP contribution in [0.5, 0.6) is 0 Å². The van der Waals surface area contributed by atoms with E-state index in [1.54, 1.807) is 0 Å². The van der Waals surface area contributed by atoms with Gasteiger partial charge in [-0.2, -0.15) is 0 Å². The number of nitrogens with zero attached hydrogens (tertiary/aromatic N) is 2. The molecule has 0 aliphatic heterocycles. The van der Waals surface area contributed by atoms with Crippen LogP contribution in [0.2, 0.25) is 0 Å². The third kappa shape index (κ3) is 2.63. The van der Waals surface area contributed by atoms with Crippen molar-refractivity contribution < 1.29 is 4.79 Å². The zero-order valence-corrected chi connectivity index (χ0v) is 12.0. The summed E-state index contributed by atoms with van der Waals surface area (Å²) in [6.07, 6.45) is 1.36. The lowest BCUT2D eigenvalue weighted by Crippen LogP contribution is -2.23. The number of rotatable bonds is 2. The Kier molecular flexibility index (Phi) is 3.41. The predicted molar refractivity (Wildman–Crippen MR) is 80.9 cm³/mol. The van der Waals surface area contributed by atoms with E-state index >= 15 is 0 Å². The first-order valence-corrected chi connectivity index (χ1v) is 7.04. The summed E-state index contributed by atoms with van der Waals surface area (Å²) in [5.74, 6) is -0.372. The molecule has 0 fully saturated rings. The van der Waals surface area contributed by atoms with Gasteiger partial charge < -0.3 is 9.55 Å². The molecule has 106 valence electrons. The van der Waals surface area contributed by atoms with Gasteiger partial charge in [-0.1, -0.05) is 23.5 Å². The van der Waals surface area contributed by atoms with Crippen LogP contribution in [0.3, 0.4) is 0 Å². The van der Waals surface area contributed by atoms with Gasteiger partial charge in [-0.25, -0.2) is 5.43 Å². The van der Waals surface area contributed by atoms with Gasteiger partial charge in [0.15, 0.2) is 0 Å². The van der Waals surface area contributed by atoms with Crippen LogP contribution in [0.15, 0.2) is 52.5 Å². The van der Waals surface area contributed by atoms with Crippen LogP contribution in [0, 0.1) is 0 Å². The van der Waals surface area contributed by atoms with Crippen LogP contribution < -0.4 is 15.8 Å². The second-order valence-corrected chi connectivity index (χ2v) is 5.41. The zero-order valence-electron chi connectivity index (χ0n) is 11.2. The van der Waals surface area contributed by atoms with Gasteiger partial charge in [0.2, 0.25) is 10.4 Å². The highest BCUT2D eigenvalue weighted by Crippen LogP contribution is 2.14. The minimum atomic E-state index is -0.372. The van der Waals surface area contributed by atoms with Gasteiger partial charge in [-0.05, 0) is 18.2 Å². The van der Waals surface area contributed by atoms with Gasteiger partial charge in [0.25, 0.3) is 5.91 Å². The zero-order chi connectivity index (χ0) is 14.8. The van der Waals surface area contributed by atoms with Crippen molar-refractivity contribution in [1.29, 1.82) is 0 Å². The molecule has 3 aromatic rings. The molecule has 0 saturated carbocycles. The second kappa shape index (κ2) is 5.37. The highest BCUT2D eigenvalue weighted by molar-refractivity contribution is 7.16. The van der Waals surface area contributed by atoms with E-state index in [4.69, 9.17) is 0 Å². The van der Waals surface area contributed by atoms with Crippen molar-refractivity contribution in [2.75, 3.05) is 0 Å². The lowest BCUT2D eigenvalue weighted by atomic mass is 10.3. The van der Waals surface area contributed by atoms with Crippen LogP contribution in [-0.2, 0) is 7.05 Å². The molecule has 0 aliphatic rings. The molecule has 0 saturated heterocycles. The summed E-state index contributed by atoms with van der Waals surface area (Å²) in [5.41, 5.74) is 3.64. The Balaban J connectivity index is 1.91. The molecule has 0 atom stereocenters. The molecule has 7 heteroatoms. The number of benzene rings is 1. The number of pyridine rings is 1. The third-order valence-corrected chi connectivity index (χ3v) is 4.13. The normalized spacial score (nSPS) is 11.8. The lowest BCUT2D eigenvalue weighted by Gasteiger charge is -1.98. The maximum atomic E-state index is 11.9. The van der Waals surface area contributed by atoms with Gasteiger partial charge in [0, 0.05) is 19.3 Å². The van der Waals surface area contributed by atoms with Crippen molar-refractivity contribution in [2.45, 2.75) is 0 Å². The average Bonchev–Trinajstić information content (AvgIpc) is 2.82. The first-order valence-electron chi connectivity index (χ1n) is 6.22. The molecule has 2 heterocycles.